The first-order valence-corrected chi connectivity index (χ1v) is 6.05. The van der Waals surface area contributed by atoms with Crippen LogP contribution in [0.25, 0.3) is 0 Å². The number of nitrogens with zero attached hydrogens (tertiary/aromatic N) is 3. The molecule has 1 amide bonds. The molecule has 0 saturated heterocycles. The molecule has 1 aromatic carbocycles. The summed E-state index contributed by atoms with van der Waals surface area (Å²) in [6.45, 7) is 0.414. The molecule has 2 aromatic rings. The number of benzene rings is 1. The molecule has 0 aliphatic heterocycles. The van der Waals surface area contributed by atoms with E-state index < -0.39 is 0 Å². The van der Waals surface area contributed by atoms with Crippen LogP contribution in [-0.4, -0.2) is 32.3 Å². The van der Waals surface area contributed by atoms with E-state index in [2.05, 4.69) is 15.5 Å². The Morgan fingerprint density at radius 3 is 3.00 bits per heavy atom. The van der Waals surface area contributed by atoms with Gasteiger partial charge in [-0.2, -0.15) is 0 Å². The van der Waals surface area contributed by atoms with Crippen LogP contribution >= 0.6 is 11.6 Å². The topological polar surface area (TPSA) is 80.0 Å². The van der Waals surface area contributed by atoms with Crippen LogP contribution in [0.3, 0.4) is 0 Å². The van der Waals surface area contributed by atoms with Gasteiger partial charge >= 0.3 is 0 Å². The van der Waals surface area contributed by atoms with E-state index in [-0.39, 0.29) is 17.2 Å². The fourth-order valence-corrected chi connectivity index (χ4v) is 1.81. The first-order valence-electron chi connectivity index (χ1n) is 5.67. The van der Waals surface area contributed by atoms with Gasteiger partial charge in [-0.15, -0.1) is 10.2 Å². The van der Waals surface area contributed by atoms with Crippen molar-refractivity contribution < 1.29 is 9.90 Å². The Morgan fingerprint density at radius 2 is 2.32 bits per heavy atom. The number of carbonyl (C=O) groups is 1. The number of halogens is 1. The molecule has 0 bridgehead atoms. The molecule has 0 radical (unpaired) electrons. The first-order chi connectivity index (χ1) is 9.08. The van der Waals surface area contributed by atoms with E-state index in [0.29, 0.717) is 18.0 Å². The van der Waals surface area contributed by atoms with Crippen LogP contribution in [0, 0.1) is 0 Å². The third kappa shape index (κ3) is 3.23. The largest absolute Gasteiger partial charge is 0.508 e. The molecule has 1 aromatic heterocycles. The number of aromatic nitrogens is 3. The third-order valence-electron chi connectivity index (χ3n) is 2.63. The molecular formula is C12H13ClN4O2. The minimum absolute atomic E-state index is 0.00264. The van der Waals surface area contributed by atoms with Crippen molar-refractivity contribution in [3.8, 4) is 5.75 Å². The Hall–Kier alpha value is -2.08. The van der Waals surface area contributed by atoms with Gasteiger partial charge < -0.3 is 15.0 Å². The summed E-state index contributed by atoms with van der Waals surface area (Å²) in [7, 11) is 1.84. The Bertz CT molecular complexity index is 597. The van der Waals surface area contributed by atoms with Crippen LogP contribution in [0.4, 0.5) is 0 Å². The molecule has 0 aliphatic carbocycles. The molecule has 7 heteroatoms. The molecule has 0 saturated carbocycles. The maximum Gasteiger partial charge on any atom is 0.252 e. The van der Waals surface area contributed by atoms with Crippen molar-refractivity contribution in [3.63, 3.8) is 0 Å². The van der Waals surface area contributed by atoms with Crippen molar-refractivity contribution >= 4 is 17.5 Å². The fraction of sp³-hybridized carbons (Fsp3) is 0.250. The van der Waals surface area contributed by atoms with Crippen molar-refractivity contribution in [2.75, 3.05) is 6.54 Å². The lowest BCUT2D eigenvalue weighted by Crippen LogP contribution is -2.26. The molecule has 2 rings (SSSR count). The molecule has 0 atom stereocenters. The monoisotopic (exact) mass is 280 g/mol. The highest BCUT2D eigenvalue weighted by Gasteiger charge is 2.11. The lowest BCUT2D eigenvalue weighted by Gasteiger charge is -2.07. The van der Waals surface area contributed by atoms with Gasteiger partial charge in [-0.05, 0) is 18.2 Å². The number of nitrogens with one attached hydrogen (secondary N) is 1. The van der Waals surface area contributed by atoms with Crippen LogP contribution in [0.1, 0.15) is 16.2 Å². The quantitative estimate of drug-likeness (QED) is 0.880. The Morgan fingerprint density at radius 1 is 1.53 bits per heavy atom. The number of amides is 1. The number of phenolic OH excluding ortho intramolecular Hbond substituents is 1. The smallest absolute Gasteiger partial charge is 0.252 e. The fourth-order valence-electron chi connectivity index (χ4n) is 1.60. The maximum atomic E-state index is 11.9. The number of carbonyl (C=O) groups excluding carboxylic acids is 1. The summed E-state index contributed by atoms with van der Waals surface area (Å²) in [5.41, 5.74) is 0.250. The summed E-state index contributed by atoms with van der Waals surface area (Å²) in [5.74, 6) is 0.452. The first kappa shape index (κ1) is 13.4. The van der Waals surface area contributed by atoms with E-state index in [4.69, 9.17) is 11.6 Å². The van der Waals surface area contributed by atoms with Crippen molar-refractivity contribution in [2.24, 2.45) is 7.05 Å². The lowest BCUT2D eigenvalue weighted by atomic mass is 10.2. The van der Waals surface area contributed by atoms with Crippen LogP contribution < -0.4 is 5.32 Å². The molecule has 0 fully saturated rings. The van der Waals surface area contributed by atoms with E-state index >= 15 is 0 Å². The number of aromatic hydroxyl groups is 1. The van der Waals surface area contributed by atoms with Crippen molar-refractivity contribution in [1.82, 2.24) is 20.1 Å². The molecule has 1 heterocycles. The highest BCUT2D eigenvalue weighted by Crippen LogP contribution is 2.20. The second-order valence-corrected chi connectivity index (χ2v) is 4.44. The van der Waals surface area contributed by atoms with Gasteiger partial charge in [0.1, 0.15) is 17.9 Å². The highest BCUT2D eigenvalue weighted by atomic mass is 35.5. The molecule has 0 aliphatic rings. The zero-order valence-corrected chi connectivity index (χ0v) is 11.1. The molecule has 0 spiro atoms. The van der Waals surface area contributed by atoms with Crippen LogP contribution in [-0.2, 0) is 13.5 Å². The van der Waals surface area contributed by atoms with Crippen molar-refractivity contribution in [2.45, 2.75) is 6.42 Å². The SMILES string of the molecule is Cn1cnnc1CCNC(=O)c1cc(O)ccc1Cl. The summed E-state index contributed by atoms with van der Waals surface area (Å²) in [4.78, 5) is 11.9. The van der Waals surface area contributed by atoms with Crippen LogP contribution in [0.2, 0.25) is 5.02 Å². The van der Waals surface area contributed by atoms with Crippen LogP contribution in [0.15, 0.2) is 24.5 Å². The number of rotatable bonds is 4. The molecule has 2 N–H and O–H groups in total. The van der Waals surface area contributed by atoms with Crippen molar-refractivity contribution in [3.05, 3.63) is 40.9 Å². The molecule has 100 valence electrons. The van der Waals surface area contributed by atoms with Crippen molar-refractivity contribution in [1.29, 1.82) is 0 Å². The third-order valence-corrected chi connectivity index (χ3v) is 2.96. The second-order valence-electron chi connectivity index (χ2n) is 4.03. The normalized spacial score (nSPS) is 10.4. The maximum absolute atomic E-state index is 11.9. The number of aryl methyl sites for hydroxylation is 1. The summed E-state index contributed by atoms with van der Waals surface area (Å²) in [5, 5.41) is 20.0. The average Bonchev–Trinajstić information content (AvgIpc) is 2.78. The van der Waals surface area contributed by atoms with Gasteiger partial charge in [0.05, 0.1) is 10.6 Å². The Balaban J connectivity index is 1.94. The average molecular weight is 281 g/mol. The van der Waals surface area contributed by atoms with Gasteiger partial charge in [-0.3, -0.25) is 4.79 Å². The zero-order valence-electron chi connectivity index (χ0n) is 10.3. The molecule has 6 nitrogen and oxygen atoms in total. The second kappa shape index (κ2) is 5.71. The van der Waals surface area contributed by atoms with Gasteiger partial charge in [-0.25, -0.2) is 0 Å². The lowest BCUT2D eigenvalue weighted by molar-refractivity contribution is 0.0953. The van der Waals surface area contributed by atoms with Gasteiger partial charge in [-0.1, -0.05) is 11.6 Å². The van der Waals surface area contributed by atoms with Gasteiger partial charge in [0, 0.05) is 20.0 Å². The Labute approximate surface area is 115 Å². The number of hydrogen-bond donors (Lipinski definition) is 2. The van der Waals surface area contributed by atoms with Crippen LogP contribution in [0.5, 0.6) is 5.75 Å². The number of phenols is 1. The van der Waals surface area contributed by atoms with Gasteiger partial charge in [0.25, 0.3) is 5.91 Å². The van der Waals surface area contributed by atoms with E-state index in [1.165, 1.54) is 18.2 Å². The number of hydrogen-bond acceptors (Lipinski definition) is 4. The Kier molecular flexibility index (Phi) is 4.01. The molecule has 19 heavy (non-hydrogen) atoms. The van der Waals surface area contributed by atoms with Gasteiger partial charge in [0.15, 0.2) is 0 Å². The standard InChI is InChI=1S/C12H13ClN4O2/c1-17-7-15-16-11(17)4-5-14-12(19)9-6-8(18)2-3-10(9)13/h2-3,6-7,18H,4-5H2,1H3,(H,14,19). The zero-order chi connectivity index (χ0) is 13.8. The summed E-state index contributed by atoms with van der Waals surface area (Å²) < 4.78 is 1.79. The van der Waals surface area contributed by atoms with E-state index in [1.807, 2.05) is 7.05 Å². The minimum Gasteiger partial charge on any atom is -0.508 e. The summed E-state index contributed by atoms with van der Waals surface area (Å²) in [6.07, 6.45) is 2.17. The van der Waals surface area contributed by atoms with E-state index in [9.17, 15) is 9.90 Å². The molecular weight excluding hydrogens is 268 g/mol. The minimum atomic E-state index is -0.330. The van der Waals surface area contributed by atoms with E-state index in [1.54, 1.807) is 10.9 Å². The molecule has 0 unspecified atom stereocenters. The summed E-state index contributed by atoms with van der Waals surface area (Å²) in [6, 6.07) is 4.24. The summed E-state index contributed by atoms with van der Waals surface area (Å²) >= 11 is 5.90. The predicted octanol–water partition coefficient (Wildman–Crippen LogP) is 1.15. The van der Waals surface area contributed by atoms with Gasteiger partial charge in [0.2, 0.25) is 0 Å². The highest BCUT2D eigenvalue weighted by molar-refractivity contribution is 6.33. The van der Waals surface area contributed by atoms with E-state index in [0.717, 1.165) is 5.82 Å². The predicted molar refractivity (Wildman–Crippen MR) is 70.2 cm³/mol.